The maximum absolute atomic E-state index is 12.1. The van der Waals surface area contributed by atoms with Gasteiger partial charge in [-0.15, -0.1) is 0 Å². The Bertz CT molecular complexity index is 588. The summed E-state index contributed by atoms with van der Waals surface area (Å²) in [4.78, 5) is 12.1. The van der Waals surface area contributed by atoms with Crippen LogP contribution in [-0.4, -0.2) is 11.4 Å². The number of anilines is 1. The Balaban J connectivity index is 2.11. The highest BCUT2D eigenvalue weighted by Gasteiger charge is 2.06. The minimum atomic E-state index is -0.125. The van der Waals surface area contributed by atoms with Crippen LogP contribution in [0.2, 0.25) is 0 Å². The molecule has 0 atom stereocenters. The SMILES string of the molecule is Cc1cc(C)cc(NC(=O)c2ccc(OCBr)cc2)c1. The van der Waals surface area contributed by atoms with Gasteiger partial charge in [0.25, 0.3) is 5.91 Å². The van der Waals surface area contributed by atoms with Gasteiger partial charge in [0.1, 0.15) is 11.3 Å². The molecule has 0 aliphatic rings. The predicted molar refractivity (Wildman–Crippen MR) is 84.7 cm³/mol. The van der Waals surface area contributed by atoms with Crippen molar-refractivity contribution in [3.05, 3.63) is 59.2 Å². The minimum Gasteiger partial charge on any atom is -0.482 e. The van der Waals surface area contributed by atoms with Crippen LogP contribution in [0.1, 0.15) is 21.5 Å². The lowest BCUT2D eigenvalue weighted by atomic mass is 10.1. The Morgan fingerprint density at radius 1 is 1.10 bits per heavy atom. The molecule has 1 N–H and O–H groups in total. The molecule has 0 spiro atoms. The molecular formula is C16H16BrNO2. The van der Waals surface area contributed by atoms with E-state index in [1.807, 2.05) is 26.0 Å². The highest BCUT2D eigenvalue weighted by atomic mass is 79.9. The summed E-state index contributed by atoms with van der Waals surface area (Å²) in [5.41, 5.74) is 4.10. The zero-order valence-electron chi connectivity index (χ0n) is 11.4. The molecule has 0 aliphatic carbocycles. The van der Waals surface area contributed by atoms with Gasteiger partial charge in [-0.2, -0.15) is 0 Å². The molecule has 0 radical (unpaired) electrons. The van der Waals surface area contributed by atoms with Crippen molar-refractivity contribution in [2.24, 2.45) is 0 Å². The van der Waals surface area contributed by atoms with Crippen molar-refractivity contribution in [2.75, 3.05) is 10.8 Å². The number of hydrogen-bond acceptors (Lipinski definition) is 2. The van der Waals surface area contributed by atoms with Crippen LogP contribution >= 0.6 is 15.9 Å². The maximum Gasteiger partial charge on any atom is 0.255 e. The first-order valence-electron chi connectivity index (χ1n) is 6.27. The highest BCUT2D eigenvalue weighted by Crippen LogP contribution is 2.17. The van der Waals surface area contributed by atoms with E-state index in [9.17, 15) is 4.79 Å². The van der Waals surface area contributed by atoms with Gasteiger partial charge in [-0.3, -0.25) is 4.79 Å². The number of rotatable bonds is 4. The van der Waals surface area contributed by atoms with Gasteiger partial charge < -0.3 is 10.1 Å². The molecule has 0 heterocycles. The van der Waals surface area contributed by atoms with E-state index in [1.165, 1.54) is 0 Å². The van der Waals surface area contributed by atoms with Crippen LogP contribution in [0.3, 0.4) is 0 Å². The van der Waals surface area contributed by atoms with Gasteiger partial charge in [-0.1, -0.05) is 6.07 Å². The molecule has 0 bridgehead atoms. The Morgan fingerprint density at radius 2 is 1.70 bits per heavy atom. The van der Waals surface area contributed by atoms with E-state index >= 15 is 0 Å². The van der Waals surface area contributed by atoms with E-state index in [1.54, 1.807) is 24.3 Å². The zero-order valence-corrected chi connectivity index (χ0v) is 13.0. The van der Waals surface area contributed by atoms with Crippen molar-refractivity contribution in [3.8, 4) is 5.75 Å². The van der Waals surface area contributed by atoms with Crippen molar-refractivity contribution in [1.82, 2.24) is 0 Å². The van der Waals surface area contributed by atoms with E-state index in [0.717, 1.165) is 22.6 Å². The molecule has 3 nitrogen and oxygen atoms in total. The Morgan fingerprint density at radius 3 is 2.25 bits per heavy atom. The van der Waals surface area contributed by atoms with E-state index in [4.69, 9.17) is 4.74 Å². The van der Waals surface area contributed by atoms with Gasteiger partial charge in [0, 0.05) is 11.3 Å². The van der Waals surface area contributed by atoms with Crippen molar-refractivity contribution in [2.45, 2.75) is 13.8 Å². The first-order valence-corrected chi connectivity index (χ1v) is 7.39. The average molecular weight is 334 g/mol. The van der Waals surface area contributed by atoms with E-state index in [-0.39, 0.29) is 5.91 Å². The average Bonchev–Trinajstić information content (AvgIpc) is 2.38. The predicted octanol–water partition coefficient (Wildman–Crippen LogP) is 4.29. The fourth-order valence-corrected chi connectivity index (χ4v) is 2.28. The molecule has 1 amide bonds. The largest absolute Gasteiger partial charge is 0.482 e. The van der Waals surface area contributed by atoms with Crippen LogP contribution in [0, 0.1) is 13.8 Å². The number of hydrogen-bond donors (Lipinski definition) is 1. The fourth-order valence-electron chi connectivity index (χ4n) is 2.02. The van der Waals surface area contributed by atoms with E-state index < -0.39 is 0 Å². The molecule has 0 saturated heterocycles. The fraction of sp³-hybridized carbons (Fsp3) is 0.188. The number of halogens is 1. The molecule has 2 rings (SSSR count). The number of nitrogens with one attached hydrogen (secondary N) is 1. The maximum atomic E-state index is 12.1. The third-order valence-electron chi connectivity index (χ3n) is 2.82. The lowest BCUT2D eigenvalue weighted by Crippen LogP contribution is -2.12. The molecule has 4 heteroatoms. The Hall–Kier alpha value is -1.81. The summed E-state index contributed by atoms with van der Waals surface area (Å²) < 4.78 is 5.28. The lowest BCUT2D eigenvalue weighted by Gasteiger charge is -2.08. The molecule has 0 aliphatic heterocycles. The van der Waals surface area contributed by atoms with Crippen LogP contribution < -0.4 is 10.1 Å². The van der Waals surface area contributed by atoms with Gasteiger partial charge >= 0.3 is 0 Å². The summed E-state index contributed by atoms with van der Waals surface area (Å²) >= 11 is 3.19. The molecular weight excluding hydrogens is 318 g/mol. The van der Waals surface area contributed by atoms with Gasteiger partial charge in [-0.25, -0.2) is 0 Å². The molecule has 20 heavy (non-hydrogen) atoms. The number of benzene rings is 2. The molecule has 0 aromatic heterocycles. The smallest absolute Gasteiger partial charge is 0.255 e. The lowest BCUT2D eigenvalue weighted by molar-refractivity contribution is 0.102. The summed E-state index contributed by atoms with van der Waals surface area (Å²) in [5, 5.41) is 2.90. The molecule has 2 aromatic rings. The van der Waals surface area contributed by atoms with E-state index in [2.05, 4.69) is 27.3 Å². The van der Waals surface area contributed by atoms with Crippen molar-refractivity contribution in [3.63, 3.8) is 0 Å². The first-order chi connectivity index (χ1) is 9.58. The second-order valence-electron chi connectivity index (χ2n) is 4.61. The number of alkyl halides is 1. The number of carbonyl (C=O) groups is 1. The molecule has 0 unspecified atom stereocenters. The van der Waals surface area contributed by atoms with Gasteiger partial charge in [0.15, 0.2) is 0 Å². The second-order valence-corrected chi connectivity index (χ2v) is 5.07. The topological polar surface area (TPSA) is 38.3 Å². The minimum absolute atomic E-state index is 0.125. The molecule has 2 aromatic carbocycles. The van der Waals surface area contributed by atoms with Gasteiger partial charge in [0.05, 0.1) is 0 Å². The van der Waals surface area contributed by atoms with Crippen LogP contribution in [-0.2, 0) is 0 Å². The Labute approximate surface area is 127 Å². The normalized spacial score (nSPS) is 10.2. The van der Waals surface area contributed by atoms with Crippen LogP contribution in [0.5, 0.6) is 5.75 Å². The highest BCUT2D eigenvalue weighted by molar-refractivity contribution is 9.09. The molecule has 0 fully saturated rings. The quantitative estimate of drug-likeness (QED) is 0.847. The molecule has 104 valence electrons. The van der Waals surface area contributed by atoms with Crippen molar-refractivity contribution < 1.29 is 9.53 Å². The number of ether oxygens (including phenoxy) is 1. The first kappa shape index (κ1) is 14.6. The summed E-state index contributed by atoms with van der Waals surface area (Å²) in [6.07, 6.45) is 0. The standard InChI is InChI=1S/C16H16BrNO2/c1-11-7-12(2)9-14(8-11)18-16(19)13-3-5-15(6-4-13)20-10-17/h3-9H,10H2,1-2H3,(H,18,19). The van der Waals surface area contributed by atoms with Crippen molar-refractivity contribution in [1.29, 1.82) is 0 Å². The summed E-state index contributed by atoms with van der Waals surface area (Å²) in [7, 11) is 0. The summed E-state index contributed by atoms with van der Waals surface area (Å²) in [6, 6.07) is 13.0. The van der Waals surface area contributed by atoms with Crippen LogP contribution in [0.15, 0.2) is 42.5 Å². The number of amides is 1. The number of carbonyl (C=O) groups excluding carboxylic acids is 1. The third-order valence-corrected chi connectivity index (χ3v) is 3.05. The Kier molecular flexibility index (Phi) is 4.79. The zero-order chi connectivity index (χ0) is 14.5. The van der Waals surface area contributed by atoms with Gasteiger partial charge in [-0.05, 0) is 77.3 Å². The van der Waals surface area contributed by atoms with Crippen LogP contribution in [0.25, 0.3) is 0 Å². The van der Waals surface area contributed by atoms with E-state index in [0.29, 0.717) is 11.1 Å². The number of aryl methyl sites for hydroxylation is 2. The monoisotopic (exact) mass is 333 g/mol. The van der Waals surface area contributed by atoms with Crippen molar-refractivity contribution >= 4 is 27.5 Å². The summed E-state index contributed by atoms with van der Waals surface area (Å²) in [6.45, 7) is 4.02. The summed E-state index contributed by atoms with van der Waals surface area (Å²) in [5.74, 6) is 0.602. The van der Waals surface area contributed by atoms with Crippen LogP contribution in [0.4, 0.5) is 5.69 Å². The van der Waals surface area contributed by atoms with Gasteiger partial charge in [0.2, 0.25) is 0 Å². The second kappa shape index (κ2) is 6.57. The third kappa shape index (κ3) is 3.84. The molecule has 0 saturated carbocycles.